The molecule has 0 saturated carbocycles. The normalized spacial score (nSPS) is 10.9. The second-order valence-corrected chi connectivity index (χ2v) is 8.60. The maximum absolute atomic E-state index is 13.2. The van der Waals surface area contributed by atoms with E-state index in [2.05, 4.69) is 36.6 Å². The topological polar surface area (TPSA) is 88.9 Å². The lowest BCUT2D eigenvalue weighted by atomic mass is 10.1. The highest BCUT2D eigenvalue weighted by molar-refractivity contribution is 9.10. The number of hydrogen-bond donors (Lipinski definition) is 2. The van der Waals surface area contributed by atoms with Gasteiger partial charge in [0, 0.05) is 29.4 Å². The number of pyridine rings is 1. The van der Waals surface area contributed by atoms with Crippen LogP contribution in [0.3, 0.4) is 0 Å². The first-order chi connectivity index (χ1) is 14.4. The lowest BCUT2D eigenvalue weighted by Crippen LogP contribution is -2.21. The molecule has 0 spiro atoms. The molecular formula is C20H15BrClN5O2S. The summed E-state index contributed by atoms with van der Waals surface area (Å²) in [6.07, 6.45) is 1.57. The summed E-state index contributed by atoms with van der Waals surface area (Å²) in [5.41, 5.74) is 1.70. The molecule has 0 aliphatic rings. The molecule has 0 radical (unpaired) electrons. The maximum Gasteiger partial charge on any atom is 0.274 e. The van der Waals surface area contributed by atoms with Gasteiger partial charge in [0.15, 0.2) is 5.82 Å². The van der Waals surface area contributed by atoms with Crippen LogP contribution in [0.2, 0.25) is 5.02 Å². The Balaban J connectivity index is 1.81. The van der Waals surface area contributed by atoms with Gasteiger partial charge in [-0.05, 0) is 40.5 Å². The molecule has 3 aromatic heterocycles. The summed E-state index contributed by atoms with van der Waals surface area (Å²) in [4.78, 5) is 30.4. The fraction of sp³-hybridized carbons (Fsp3) is 0.100. The Morgan fingerprint density at radius 1 is 1.20 bits per heavy atom. The number of anilines is 1. The maximum atomic E-state index is 13.2. The number of carbonyl (C=O) groups is 2. The average Bonchev–Trinajstić information content (AvgIpc) is 3.30. The van der Waals surface area contributed by atoms with Gasteiger partial charge in [-0.25, -0.2) is 9.67 Å². The van der Waals surface area contributed by atoms with Crippen LogP contribution in [0.1, 0.15) is 25.7 Å². The van der Waals surface area contributed by atoms with Crippen molar-refractivity contribution >= 4 is 66.5 Å². The Morgan fingerprint density at radius 2 is 2.00 bits per heavy atom. The van der Waals surface area contributed by atoms with Crippen molar-refractivity contribution in [3.8, 4) is 5.82 Å². The highest BCUT2D eigenvalue weighted by Crippen LogP contribution is 2.38. The second kappa shape index (κ2) is 8.17. The van der Waals surface area contributed by atoms with Gasteiger partial charge >= 0.3 is 0 Å². The van der Waals surface area contributed by atoms with E-state index in [0.29, 0.717) is 26.0 Å². The van der Waals surface area contributed by atoms with Crippen LogP contribution in [-0.2, 0) is 0 Å². The molecule has 0 aliphatic heterocycles. The minimum absolute atomic E-state index is 0.220. The number of nitrogens with zero attached hydrogens (tertiary/aromatic N) is 3. The number of carbonyl (C=O) groups excluding carboxylic acids is 2. The zero-order valence-electron chi connectivity index (χ0n) is 15.9. The molecule has 0 aliphatic carbocycles. The van der Waals surface area contributed by atoms with Crippen LogP contribution < -0.4 is 10.6 Å². The third kappa shape index (κ3) is 3.60. The van der Waals surface area contributed by atoms with Crippen molar-refractivity contribution in [3.05, 3.63) is 68.4 Å². The van der Waals surface area contributed by atoms with Gasteiger partial charge in [0.05, 0.1) is 10.7 Å². The summed E-state index contributed by atoms with van der Waals surface area (Å²) in [5, 5.41) is 11.0. The molecule has 2 amide bonds. The number of aryl methyl sites for hydroxylation is 1. The number of hydrogen-bond acceptors (Lipinski definition) is 5. The van der Waals surface area contributed by atoms with Crippen molar-refractivity contribution in [2.24, 2.45) is 0 Å². The van der Waals surface area contributed by atoms with Crippen molar-refractivity contribution < 1.29 is 9.59 Å². The molecule has 3 heterocycles. The van der Waals surface area contributed by atoms with Crippen LogP contribution in [0.5, 0.6) is 0 Å². The monoisotopic (exact) mass is 503 g/mol. The molecular weight excluding hydrogens is 490 g/mol. The molecule has 10 heteroatoms. The van der Waals surface area contributed by atoms with Crippen LogP contribution in [0.15, 0.2) is 47.2 Å². The molecule has 7 nitrogen and oxygen atoms in total. The van der Waals surface area contributed by atoms with E-state index in [9.17, 15) is 9.59 Å². The molecule has 0 unspecified atom stereocenters. The minimum Gasteiger partial charge on any atom is -0.354 e. The SMILES string of the molecule is CNC(=O)c1sc2c(C)cccc2c1NC(=O)c1cc(Br)nn1-c1ncccc1Cl. The first kappa shape index (κ1) is 20.5. The fourth-order valence-electron chi connectivity index (χ4n) is 3.04. The largest absolute Gasteiger partial charge is 0.354 e. The number of nitrogens with one attached hydrogen (secondary N) is 2. The van der Waals surface area contributed by atoms with Gasteiger partial charge in [-0.15, -0.1) is 11.3 Å². The van der Waals surface area contributed by atoms with Crippen LogP contribution in [0.4, 0.5) is 5.69 Å². The number of amides is 2. The Bertz CT molecular complexity index is 1300. The number of fused-ring (bicyclic) bond motifs is 1. The average molecular weight is 505 g/mol. The molecule has 30 heavy (non-hydrogen) atoms. The minimum atomic E-state index is -0.443. The number of halogens is 2. The van der Waals surface area contributed by atoms with Crippen molar-refractivity contribution in [3.63, 3.8) is 0 Å². The van der Waals surface area contributed by atoms with E-state index in [1.165, 1.54) is 16.0 Å². The third-order valence-corrected chi connectivity index (χ3v) is 6.46. The van der Waals surface area contributed by atoms with Gasteiger partial charge < -0.3 is 10.6 Å². The number of rotatable bonds is 4. The van der Waals surface area contributed by atoms with E-state index >= 15 is 0 Å². The molecule has 0 atom stereocenters. The second-order valence-electron chi connectivity index (χ2n) is 6.36. The van der Waals surface area contributed by atoms with Gasteiger partial charge in [0.1, 0.15) is 15.2 Å². The first-order valence-electron chi connectivity index (χ1n) is 8.82. The Kier molecular flexibility index (Phi) is 5.59. The molecule has 0 bridgehead atoms. The highest BCUT2D eigenvalue weighted by atomic mass is 79.9. The van der Waals surface area contributed by atoms with E-state index in [0.717, 1.165) is 15.6 Å². The highest BCUT2D eigenvalue weighted by Gasteiger charge is 2.24. The predicted molar refractivity (Wildman–Crippen MR) is 122 cm³/mol. The van der Waals surface area contributed by atoms with E-state index in [1.807, 2.05) is 25.1 Å². The molecule has 152 valence electrons. The van der Waals surface area contributed by atoms with Gasteiger partial charge in [0.2, 0.25) is 0 Å². The fourth-order valence-corrected chi connectivity index (χ4v) is 4.79. The predicted octanol–water partition coefficient (Wildman–Crippen LogP) is 4.82. The van der Waals surface area contributed by atoms with E-state index in [4.69, 9.17) is 11.6 Å². The summed E-state index contributed by atoms with van der Waals surface area (Å²) in [7, 11) is 1.56. The Morgan fingerprint density at radius 3 is 2.73 bits per heavy atom. The lowest BCUT2D eigenvalue weighted by molar-refractivity contribution is 0.0968. The molecule has 0 fully saturated rings. The summed E-state index contributed by atoms with van der Waals surface area (Å²) >= 11 is 10.9. The van der Waals surface area contributed by atoms with Crippen molar-refractivity contribution in [1.29, 1.82) is 0 Å². The summed E-state index contributed by atoms with van der Waals surface area (Å²) in [6.45, 7) is 1.97. The summed E-state index contributed by atoms with van der Waals surface area (Å²) in [6, 6.07) is 10.7. The van der Waals surface area contributed by atoms with E-state index < -0.39 is 5.91 Å². The quantitative estimate of drug-likeness (QED) is 0.417. The van der Waals surface area contributed by atoms with E-state index in [-0.39, 0.29) is 11.6 Å². The van der Waals surface area contributed by atoms with Crippen molar-refractivity contribution in [1.82, 2.24) is 20.1 Å². The molecule has 2 N–H and O–H groups in total. The number of benzene rings is 1. The number of thiophene rings is 1. The first-order valence-corrected chi connectivity index (χ1v) is 10.8. The van der Waals surface area contributed by atoms with Crippen LogP contribution in [-0.4, -0.2) is 33.6 Å². The van der Waals surface area contributed by atoms with Crippen molar-refractivity contribution in [2.45, 2.75) is 6.92 Å². The van der Waals surface area contributed by atoms with Gasteiger partial charge in [-0.1, -0.05) is 29.8 Å². The van der Waals surface area contributed by atoms with Crippen LogP contribution >= 0.6 is 38.9 Å². The molecule has 1 aromatic carbocycles. The molecule has 4 rings (SSSR count). The van der Waals surface area contributed by atoms with Crippen LogP contribution in [0, 0.1) is 6.92 Å². The van der Waals surface area contributed by atoms with Gasteiger partial charge in [0.25, 0.3) is 11.8 Å². The lowest BCUT2D eigenvalue weighted by Gasteiger charge is -2.10. The summed E-state index contributed by atoms with van der Waals surface area (Å²) in [5.74, 6) is -0.387. The van der Waals surface area contributed by atoms with Crippen LogP contribution in [0.25, 0.3) is 15.9 Å². The smallest absolute Gasteiger partial charge is 0.274 e. The Labute approximate surface area is 189 Å². The molecule has 4 aromatic rings. The third-order valence-electron chi connectivity index (χ3n) is 4.44. The Hall–Kier alpha value is -2.75. The summed E-state index contributed by atoms with van der Waals surface area (Å²) < 4.78 is 2.75. The standard InChI is InChI=1S/C20H15BrClN5O2S/c1-10-5-3-6-11-15(17(20(29)23-2)30-16(10)11)25-19(28)13-9-14(21)26-27(13)18-12(22)7-4-8-24-18/h3-9H,1-2H3,(H,23,29)(H,25,28). The zero-order chi connectivity index (χ0) is 21.4. The zero-order valence-corrected chi connectivity index (χ0v) is 19.0. The van der Waals surface area contributed by atoms with Crippen molar-refractivity contribution in [2.75, 3.05) is 12.4 Å². The molecule has 0 saturated heterocycles. The van der Waals surface area contributed by atoms with Gasteiger partial charge in [-0.2, -0.15) is 5.10 Å². The number of aromatic nitrogens is 3. The van der Waals surface area contributed by atoms with Gasteiger partial charge in [-0.3, -0.25) is 9.59 Å². The van der Waals surface area contributed by atoms with E-state index in [1.54, 1.807) is 31.4 Å².